The van der Waals surface area contributed by atoms with Crippen LogP contribution in [0.25, 0.3) is 0 Å². The van der Waals surface area contributed by atoms with Crippen molar-refractivity contribution in [1.82, 2.24) is 15.5 Å². The molecule has 0 saturated carbocycles. The molecule has 8 nitrogen and oxygen atoms in total. The average Bonchev–Trinajstić information content (AvgIpc) is 3.47. The molecule has 1 atom stereocenters. The van der Waals surface area contributed by atoms with E-state index in [4.69, 9.17) is 9.47 Å². The van der Waals surface area contributed by atoms with Gasteiger partial charge in [-0.2, -0.15) is 0 Å². The fourth-order valence-electron chi connectivity index (χ4n) is 3.78. The minimum absolute atomic E-state index is 0.138. The second kappa shape index (κ2) is 13.1. The average molecular weight is 538 g/mol. The van der Waals surface area contributed by atoms with Crippen LogP contribution in [0.15, 0.2) is 66.0 Å². The van der Waals surface area contributed by atoms with Gasteiger partial charge in [-0.15, -0.1) is 11.3 Å². The van der Waals surface area contributed by atoms with E-state index in [1.54, 1.807) is 68.1 Å². The van der Waals surface area contributed by atoms with Gasteiger partial charge in [0.1, 0.15) is 17.5 Å². The van der Waals surface area contributed by atoms with Gasteiger partial charge in [0, 0.05) is 12.1 Å². The van der Waals surface area contributed by atoms with Gasteiger partial charge in [-0.05, 0) is 67.1 Å². The fraction of sp³-hybridized carbons (Fsp3) is 0.345. The highest BCUT2D eigenvalue weighted by atomic mass is 32.1. The molecule has 1 heterocycles. The van der Waals surface area contributed by atoms with Crippen LogP contribution >= 0.6 is 11.3 Å². The summed E-state index contributed by atoms with van der Waals surface area (Å²) in [6.07, 6.45) is 0.701. The molecule has 0 spiro atoms. The Hall–Kier alpha value is -3.85. The Morgan fingerprint density at radius 3 is 2.29 bits per heavy atom. The minimum Gasteiger partial charge on any atom is -0.497 e. The number of nitrogens with one attached hydrogen (secondary N) is 2. The number of hydrogen-bond acceptors (Lipinski definition) is 6. The molecule has 0 fully saturated rings. The summed E-state index contributed by atoms with van der Waals surface area (Å²) >= 11 is 1.29. The zero-order valence-corrected chi connectivity index (χ0v) is 23.3. The van der Waals surface area contributed by atoms with E-state index in [2.05, 4.69) is 10.6 Å². The van der Waals surface area contributed by atoms with Crippen LogP contribution in [0.3, 0.4) is 0 Å². The molecule has 2 aromatic carbocycles. The third kappa shape index (κ3) is 7.58. The number of nitrogens with zero attached hydrogens (tertiary/aromatic N) is 1. The van der Waals surface area contributed by atoms with Gasteiger partial charge in [0.15, 0.2) is 0 Å². The van der Waals surface area contributed by atoms with Crippen molar-refractivity contribution in [2.75, 3.05) is 20.8 Å². The van der Waals surface area contributed by atoms with Crippen LogP contribution in [0.2, 0.25) is 0 Å². The van der Waals surface area contributed by atoms with Crippen LogP contribution in [0.5, 0.6) is 11.5 Å². The summed E-state index contributed by atoms with van der Waals surface area (Å²) in [5, 5.41) is 7.59. The molecule has 3 amide bonds. The Bertz CT molecular complexity index is 1230. The predicted molar refractivity (Wildman–Crippen MR) is 148 cm³/mol. The number of carbonyl (C=O) groups excluding carboxylic acids is 3. The van der Waals surface area contributed by atoms with Crippen LogP contribution in [-0.4, -0.2) is 48.9 Å². The first-order valence-electron chi connectivity index (χ1n) is 12.4. The summed E-state index contributed by atoms with van der Waals surface area (Å²) in [7, 11) is 3.13. The lowest BCUT2D eigenvalue weighted by atomic mass is 9.98. The maximum atomic E-state index is 13.8. The lowest BCUT2D eigenvalue weighted by Gasteiger charge is -2.35. The molecule has 9 heteroatoms. The third-order valence-electron chi connectivity index (χ3n) is 6.29. The molecule has 3 aromatic rings. The van der Waals surface area contributed by atoms with E-state index in [1.807, 2.05) is 32.9 Å². The number of methoxy groups -OCH3 is 2. The standard InChI is InChI=1S/C29H35N3O5S/c1-6-29(2,3)31-28(35)26(21-9-7-10-23(17-21)37-5)32(19-20-12-14-22(36-4)15-13-20)25(33)18-30-27(34)24-11-8-16-38-24/h7-17,26H,6,18-19H2,1-5H3,(H,30,34)(H,31,35)/t26-/m1/s1. The van der Waals surface area contributed by atoms with Crippen molar-refractivity contribution >= 4 is 29.1 Å². The van der Waals surface area contributed by atoms with Gasteiger partial charge in [0.25, 0.3) is 5.91 Å². The minimum atomic E-state index is -0.968. The number of rotatable bonds is 12. The molecule has 0 radical (unpaired) electrons. The third-order valence-corrected chi connectivity index (χ3v) is 7.16. The molecule has 3 rings (SSSR count). The Labute approximate surface area is 228 Å². The Balaban J connectivity index is 2.00. The van der Waals surface area contributed by atoms with Gasteiger partial charge in [0.05, 0.1) is 25.6 Å². The topological polar surface area (TPSA) is 97.0 Å². The van der Waals surface area contributed by atoms with Gasteiger partial charge < -0.3 is 25.0 Å². The van der Waals surface area contributed by atoms with Crippen molar-refractivity contribution < 1.29 is 23.9 Å². The Morgan fingerprint density at radius 2 is 1.68 bits per heavy atom. The second-order valence-corrected chi connectivity index (χ2v) is 10.4. The lowest BCUT2D eigenvalue weighted by Crippen LogP contribution is -2.51. The van der Waals surface area contributed by atoms with Gasteiger partial charge in [-0.25, -0.2) is 0 Å². The largest absolute Gasteiger partial charge is 0.497 e. The Morgan fingerprint density at radius 1 is 0.974 bits per heavy atom. The van der Waals surface area contributed by atoms with Crippen molar-refractivity contribution in [3.8, 4) is 11.5 Å². The first-order valence-corrected chi connectivity index (χ1v) is 13.3. The zero-order valence-electron chi connectivity index (χ0n) is 22.4. The number of ether oxygens (including phenoxy) is 2. The number of thiophene rings is 1. The van der Waals surface area contributed by atoms with Crippen LogP contribution in [0.1, 0.15) is 54.0 Å². The van der Waals surface area contributed by atoms with E-state index >= 15 is 0 Å². The van der Waals surface area contributed by atoms with Crippen molar-refractivity contribution in [2.24, 2.45) is 0 Å². The molecule has 2 N–H and O–H groups in total. The van der Waals surface area contributed by atoms with Gasteiger partial charge in [0.2, 0.25) is 11.8 Å². The molecular weight excluding hydrogens is 502 g/mol. The summed E-state index contributed by atoms with van der Waals surface area (Å²) in [4.78, 5) is 42.1. The highest BCUT2D eigenvalue weighted by Gasteiger charge is 2.34. The molecule has 0 bridgehead atoms. The van der Waals surface area contributed by atoms with Crippen molar-refractivity contribution in [1.29, 1.82) is 0 Å². The SMILES string of the molecule is CCC(C)(C)NC(=O)[C@@H](c1cccc(OC)c1)N(Cc1ccc(OC)cc1)C(=O)CNC(=O)c1cccs1. The van der Waals surface area contributed by atoms with E-state index in [0.29, 0.717) is 28.4 Å². The summed E-state index contributed by atoms with van der Waals surface area (Å²) < 4.78 is 10.7. The highest BCUT2D eigenvalue weighted by molar-refractivity contribution is 7.12. The molecule has 202 valence electrons. The van der Waals surface area contributed by atoms with E-state index in [9.17, 15) is 14.4 Å². The maximum absolute atomic E-state index is 13.8. The van der Waals surface area contributed by atoms with E-state index < -0.39 is 17.5 Å². The van der Waals surface area contributed by atoms with Crippen LogP contribution in [-0.2, 0) is 16.1 Å². The van der Waals surface area contributed by atoms with Crippen molar-refractivity contribution in [3.05, 3.63) is 82.0 Å². The van der Waals surface area contributed by atoms with E-state index in [1.165, 1.54) is 16.2 Å². The smallest absolute Gasteiger partial charge is 0.261 e. The molecule has 0 aliphatic heterocycles. The molecule has 0 unspecified atom stereocenters. The monoisotopic (exact) mass is 537 g/mol. The number of benzene rings is 2. The number of hydrogen-bond donors (Lipinski definition) is 2. The number of carbonyl (C=O) groups is 3. The van der Waals surface area contributed by atoms with Gasteiger partial charge in [-0.1, -0.05) is 37.3 Å². The molecule has 0 aliphatic carbocycles. The fourth-order valence-corrected chi connectivity index (χ4v) is 4.42. The molecular formula is C29H35N3O5S. The molecule has 1 aromatic heterocycles. The molecule has 38 heavy (non-hydrogen) atoms. The van der Waals surface area contributed by atoms with E-state index in [0.717, 1.165) is 5.56 Å². The van der Waals surface area contributed by atoms with Crippen LogP contribution in [0, 0.1) is 0 Å². The van der Waals surface area contributed by atoms with Gasteiger partial charge >= 0.3 is 0 Å². The summed E-state index contributed by atoms with van der Waals surface area (Å²) in [5.74, 6) is 0.186. The van der Waals surface area contributed by atoms with Gasteiger partial charge in [-0.3, -0.25) is 14.4 Å². The second-order valence-electron chi connectivity index (χ2n) is 9.44. The quantitative estimate of drug-likeness (QED) is 0.353. The summed E-state index contributed by atoms with van der Waals surface area (Å²) in [6, 6.07) is 16.9. The Kier molecular flexibility index (Phi) is 9.90. The molecule has 0 saturated heterocycles. The zero-order chi connectivity index (χ0) is 27.7. The first kappa shape index (κ1) is 28.7. The molecule has 0 aliphatic rings. The first-order chi connectivity index (χ1) is 18.2. The maximum Gasteiger partial charge on any atom is 0.261 e. The number of amides is 3. The van der Waals surface area contributed by atoms with Crippen molar-refractivity contribution in [2.45, 2.75) is 45.3 Å². The predicted octanol–water partition coefficient (Wildman–Crippen LogP) is 4.57. The normalized spacial score (nSPS) is 11.8. The van der Waals surface area contributed by atoms with E-state index in [-0.39, 0.29) is 24.9 Å². The van der Waals surface area contributed by atoms with Crippen LogP contribution < -0.4 is 20.1 Å². The summed E-state index contributed by atoms with van der Waals surface area (Å²) in [5.41, 5.74) is 0.913. The lowest BCUT2D eigenvalue weighted by molar-refractivity contribution is -0.141. The van der Waals surface area contributed by atoms with Crippen LogP contribution in [0.4, 0.5) is 0 Å². The van der Waals surface area contributed by atoms with Crippen molar-refractivity contribution in [3.63, 3.8) is 0 Å². The summed E-state index contributed by atoms with van der Waals surface area (Å²) in [6.45, 7) is 5.73. The highest BCUT2D eigenvalue weighted by Crippen LogP contribution is 2.28.